The van der Waals surface area contributed by atoms with E-state index in [4.69, 9.17) is 9.84 Å². The molecule has 1 N–H and O–H groups in total. The number of benzene rings is 2. The summed E-state index contributed by atoms with van der Waals surface area (Å²) in [5.41, 5.74) is 1.05. The lowest BCUT2D eigenvalue weighted by atomic mass is 10.1. The van der Waals surface area contributed by atoms with Gasteiger partial charge in [-0.25, -0.2) is 4.79 Å². The van der Waals surface area contributed by atoms with E-state index in [1.807, 2.05) is 30.3 Å². The van der Waals surface area contributed by atoms with E-state index in [0.717, 1.165) is 16.3 Å². The van der Waals surface area contributed by atoms with Gasteiger partial charge < -0.3 is 9.84 Å². The molecule has 0 atom stereocenters. The van der Waals surface area contributed by atoms with Gasteiger partial charge in [-0.2, -0.15) is 0 Å². The highest BCUT2D eigenvalue weighted by Crippen LogP contribution is 2.22. The molecule has 0 saturated carbocycles. The molecule has 0 aliphatic rings. The van der Waals surface area contributed by atoms with Crippen LogP contribution in [0.4, 0.5) is 0 Å². The molecule has 0 saturated heterocycles. The van der Waals surface area contributed by atoms with Gasteiger partial charge in [0, 0.05) is 0 Å². The minimum atomic E-state index is -0.980. The van der Waals surface area contributed by atoms with Crippen LogP contribution in [0, 0.1) is 0 Å². The quantitative estimate of drug-likeness (QED) is 0.875. The van der Waals surface area contributed by atoms with Crippen LogP contribution in [-0.2, 0) is 4.79 Å². The van der Waals surface area contributed by atoms with Crippen molar-refractivity contribution >= 4 is 22.8 Å². The molecule has 0 fully saturated rings. The molecule has 3 heteroatoms. The number of carbonyl (C=O) groups is 1. The van der Waals surface area contributed by atoms with E-state index in [1.165, 1.54) is 0 Å². The lowest BCUT2D eigenvalue weighted by Crippen LogP contribution is -2.09. The highest BCUT2D eigenvalue weighted by molar-refractivity contribution is 5.86. The third-order valence-electron chi connectivity index (χ3n) is 2.43. The first-order valence-corrected chi connectivity index (χ1v) is 5.20. The minimum Gasteiger partial charge on any atom is -0.482 e. The lowest BCUT2D eigenvalue weighted by Gasteiger charge is -2.05. The molecule has 0 aliphatic carbocycles. The van der Waals surface area contributed by atoms with Gasteiger partial charge in [0.25, 0.3) is 0 Å². The maximum absolute atomic E-state index is 10.4. The average Bonchev–Trinajstić information content (AvgIpc) is 2.35. The van der Waals surface area contributed by atoms with Crippen LogP contribution >= 0.6 is 0 Å². The molecule has 2 rings (SSSR count). The topological polar surface area (TPSA) is 46.5 Å². The van der Waals surface area contributed by atoms with E-state index >= 15 is 0 Å². The summed E-state index contributed by atoms with van der Waals surface area (Å²) < 4.78 is 5.11. The van der Waals surface area contributed by atoms with E-state index in [-0.39, 0.29) is 6.61 Å². The molecule has 0 unspecified atom stereocenters. The molecular formula is C14H12O3. The predicted octanol–water partition coefficient (Wildman–Crippen LogP) is 2.95. The standard InChI is InChI=1S/C14H12O3/c1-2-10-3-4-12-8-13(17-9-14(15)16)6-5-11(12)7-10/h2-8H,1,9H2,(H,15,16). The number of hydrogen-bond acceptors (Lipinski definition) is 2. The Balaban J connectivity index is 2.31. The highest BCUT2D eigenvalue weighted by atomic mass is 16.5. The van der Waals surface area contributed by atoms with Crippen molar-refractivity contribution in [3.63, 3.8) is 0 Å². The normalized spacial score (nSPS) is 10.1. The third kappa shape index (κ3) is 2.64. The number of hydrogen-bond donors (Lipinski definition) is 1. The first-order valence-electron chi connectivity index (χ1n) is 5.20. The van der Waals surface area contributed by atoms with E-state index in [1.54, 1.807) is 12.1 Å². The van der Waals surface area contributed by atoms with E-state index in [0.29, 0.717) is 5.75 Å². The Bertz CT molecular complexity index is 573. The monoisotopic (exact) mass is 228 g/mol. The lowest BCUT2D eigenvalue weighted by molar-refractivity contribution is -0.139. The Morgan fingerprint density at radius 3 is 2.65 bits per heavy atom. The largest absolute Gasteiger partial charge is 0.482 e. The number of rotatable bonds is 4. The fourth-order valence-electron chi connectivity index (χ4n) is 1.60. The first kappa shape index (κ1) is 11.2. The van der Waals surface area contributed by atoms with Gasteiger partial charge in [-0.3, -0.25) is 0 Å². The zero-order valence-electron chi connectivity index (χ0n) is 9.22. The second kappa shape index (κ2) is 4.70. The summed E-state index contributed by atoms with van der Waals surface area (Å²) in [5.74, 6) is -0.418. The Morgan fingerprint density at radius 2 is 1.94 bits per heavy atom. The molecule has 0 bridgehead atoms. The predicted molar refractivity (Wildman–Crippen MR) is 67.2 cm³/mol. The van der Waals surface area contributed by atoms with Crippen LogP contribution in [0.25, 0.3) is 16.8 Å². The second-order valence-electron chi connectivity index (χ2n) is 3.65. The van der Waals surface area contributed by atoms with Crippen LogP contribution in [0.3, 0.4) is 0 Å². The summed E-state index contributed by atoms with van der Waals surface area (Å²) in [4.78, 5) is 10.4. The van der Waals surface area contributed by atoms with Crippen LogP contribution in [0.2, 0.25) is 0 Å². The van der Waals surface area contributed by atoms with Gasteiger partial charge in [-0.05, 0) is 34.5 Å². The molecule has 0 radical (unpaired) electrons. The van der Waals surface area contributed by atoms with Gasteiger partial charge >= 0.3 is 5.97 Å². The maximum Gasteiger partial charge on any atom is 0.341 e. The molecule has 0 heterocycles. The number of aliphatic carboxylic acids is 1. The fourth-order valence-corrected chi connectivity index (χ4v) is 1.60. The molecule has 17 heavy (non-hydrogen) atoms. The van der Waals surface area contributed by atoms with E-state index in [9.17, 15) is 4.79 Å². The second-order valence-corrected chi connectivity index (χ2v) is 3.65. The van der Waals surface area contributed by atoms with Gasteiger partial charge in [-0.15, -0.1) is 0 Å². The molecule has 0 aromatic heterocycles. The third-order valence-corrected chi connectivity index (χ3v) is 2.43. The SMILES string of the molecule is C=Cc1ccc2cc(OCC(=O)O)ccc2c1. The van der Waals surface area contributed by atoms with Crippen molar-refractivity contribution in [3.05, 3.63) is 48.5 Å². The molecule has 86 valence electrons. The van der Waals surface area contributed by atoms with Crippen LogP contribution in [0.1, 0.15) is 5.56 Å². The van der Waals surface area contributed by atoms with Crippen LogP contribution in [0.15, 0.2) is 43.0 Å². The Hall–Kier alpha value is -2.29. The molecule has 2 aromatic rings. The molecule has 0 aliphatic heterocycles. The van der Waals surface area contributed by atoms with Gasteiger partial charge in [0.15, 0.2) is 6.61 Å². The average molecular weight is 228 g/mol. The van der Waals surface area contributed by atoms with Crippen molar-refractivity contribution in [1.82, 2.24) is 0 Å². The Labute approximate surface area is 99.0 Å². The summed E-state index contributed by atoms with van der Waals surface area (Å²) in [6, 6.07) is 11.4. The van der Waals surface area contributed by atoms with Crippen molar-refractivity contribution in [2.45, 2.75) is 0 Å². The molecule has 3 nitrogen and oxygen atoms in total. The van der Waals surface area contributed by atoms with Crippen molar-refractivity contribution in [1.29, 1.82) is 0 Å². The molecule has 0 spiro atoms. The van der Waals surface area contributed by atoms with Crippen molar-refractivity contribution in [2.75, 3.05) is 6.61 Å². The van der Waals surface area contributed by atoms with Crippen LogP contribution in [0.5, 0.6) is 5.75 Å². The Morgan fingerprint density at radius 1 is 1.24 bits per heavy atom. The van der Waals surface area contributed by atoms with Gasteiger partial charge in [0.05, 0.1) is 0 Å². The number of fused-ring (bicyclic) bond motifs is 1. The number of ether oxygens (including phenoxy) is 1. The number of carboxylic acid groups (broad SMARTS) is 1. The van der Waals surface area contributed by atoms with Gasteiger partial charge in [-0.1, -0.05) is 30.9 Å². The summed E-state index contributed by atoms with van der Waals surface area (Å²) in [5, 5.41) is 10.6. The maximum atomic E-state index is 10.4. The Kier molecular flexibility index (Phi) is 3.10. The smallest absolute Gasteiger partial charge is 0.341 e. The van der Waals surface area contributed by atoms with Gasteiger partial charge in [0.2, 0.25) is 0 Å². The highest BCUT2D eigenvalue weighted by Gasteiger charge is 2.01. The van der Waals surface area contributed by atoms with Crippen molar-refractivity contribution in [2.24, 2.45) is 0 Å². The summed E-state index contributed by atoms with van der Waals surface area (Å²) in [7, 11) is 0. The fraction of sp³-hybridized carbons (Fsp3) is 0.0714. The zero-order chi connectivity index (χ0) is 12.3. The van der Waals surface area contributed by atoms with Crippen LogP contribution in [-0.4, -0.2) is 17.7 Å². The van der Waals surface area contributed by atoms with Crippen molar-refractivity contribution < 1.29 is 14.6 Å². The van der Waals surface area contributed by atoms with Gasteiger partial charge in [0.1, 0.15) is 5.75 Å². The summed E-state index contributed by atoms with van der Waals surface area (Å²) in [6.07, 6.45) is 1.79. The zero-order valence-corrected chi connectivity index (χ0v) is 9.22. The minimum absolute atomic E-state index is 0.323. The summed E-state index contributed by atoms with van der Waals surface area (Å²) in [6.45, 7) is 3.39. The van der Waals surface area contributed by atoms with Crippen molar-refractivity contribution in [3.8, 4) is 5.75 Å². The molecular weight excluding hydrogens is 216 g/mol. The first-order chi connectivity index (χ1) is 8.19. The molecule has 2 aromatic carbocycles. The summed E-state index contributed by atoms with van der Waals surface area (Å²) >= 11 is 0. The van der Waals surface area contributed by atoms with E-state index < -0.39 is 5.97 Å². The molecule has 0 amide bonds. The van der Waals surface area contributed by atoms with Crippen LogP contribution < -0.4 is 4.74 Å². The number of carboxylic acids is 1. The van der Waals surface area contributed by atoms with E-state index in [2.05, 4.69) is 6.58 Å².